The zero-order chi connectivity index (χ0) is 23.0. The molecule has 0 spiro atoms. The van der Waals surface area contributed by atoms with E-state index in [4.69, 9.17) is 10.2 Å². The molecule has 0 radical (unpaired) electrons. The Labute approximate surface area is 186 Å². The molecular formula is C22H26N4O5P+. The second kappa shape index (κ2) is 11.1. The molecule has 0 bridgehead atoms. The minimum atomic E-state index is -4.23. The van der Waals surface area contributed by atoms with Crippen LogP contribution in [-0.4, -0.2) is 46.3 Å². The van der Waals surface area contributed by atoms with Crippen LogP contribution in [0.3, 0.4) is 0 Å². The average molecular weight is 457 g/mol. The molecule has 32 heavy (non-hydrogen) atoms. The molecule has 3 rings (SSSR count). The number of azo groups is 1. The lowest BCUT2D eigenvalue weighted by Gasteiger charge is -2.22. The van der Waals surface area contributed by atoms with Crippen molar-refractivity contribution in [1.82, 2.24) is 0 Å². The minimum Gasteiger partial charge on any atom is -0.395 e. The number of hydrogen-bond acceptors (Lipinski definition) is 6. The van der Waals surface area contributed by atoms with Crippen LogP contribution in [0.4, 0.5) is 17.1 Å². The van der Waals surface area contributed by atoms with Crippen molar-refractivity contribution in [3.63, 3.8) is 0 Å². The van der Waals surface area contributed by atoms with E-state index in [0.29, 0.717) is 31.0 Å². The van der Waals surface area contributed by atoms with Crippen molar-refractivity contribution >= 4 is 30.0 Å². The van der Waals surface area contributed by atoms with Gasteiger partial charge in [-0.25, -0.2) is 4.57 Å². The van der Waals surface area contributed by atoms with Crippen molar-refractivity contribution < 1.29 is 29.1 Å². The van der Waals surface area contributed by atoms with E-state index in [1.807, 2.05) is 58.3 Å². The molecule has 0 saturated carbocycles. The maximum Gasteiger partial charge on any atom is 0.356 e. The van der Waals surface area contributed by atoms with E-state index in [1.54, 1.807) is 12.1 Å². The SMILES string of the molecule is O=P(O)(O)c1ccc(C[n+]2ccc(/N=N/c3ccc(N(CCO)CCO)cc3)cc2)cc1. The molecule has 168 valence electrons. The molecule has 0 aliphatic heterocycles. The lowest BCUT2D eigenvalue weighted by Crippen LogP contribution is -2.32. The normalized spacial score (nSPS) is 11.8. The van der Waals surface area contributed by atoms with E-state index < -0.39 is 7.60 Å². The summed E-state index contributed by atoms with van der Waals surface area (Å²) >= 11 is 0. The monoisotopic (exact) mass is 457 g/mol. The van der Waals surface area contributed by atoms with Crippen LogP contribution >= 0.6 is 7.60 Å². The Kier molecular flexibility index (Phi) is 8.21. The number of nitrogens with zero attached hydrogens (tertiary/aromatic N) is 4. The topological polar surface area (TPSA) is 130 Å². The first-order chi connectivity index (χ1) is 15.4. The van der Waals surface area contributed by atoms with Gasteiger partial charge in [-0.3, -0.25) is 4.57 Å². The van der Waals surface area contributed by atoms with Gasteiger partial charge in [0, 0.05) is 36.5 Å². The highest BCUT2D eigenvalue weighted by Crippen LogP contribution is 2.32. The van der Waals surface area contributed by atoms with Gasteiger partial charge in [0.05, 0.1) is 29.9 Å². The molecule has 0 fully saturated rings. The van der Waals surface area contributed by atoms with Crippen molar-refractivity contribution in [2.45, 2.75) is 6.54 Å². The quantitative estimate of drug-likeness (QED) is 0.209. The molecule has 2 aromatic carbocycles. The molecule has 1 heterocycles. The molecule has 9 nitrogen and oxygen atoms in total. The van der Waals surface area contributed by atoms with Gasteiger partial charge >= 0.3 is 7.60 Å². The van der Waals surface area contributed by atoms with Gasteiger partial charge in [-0.05, 0) is 36.4 Å². The van der Waals surface area contributed by atoms with E-state index in [0.717, 1.165) is 11.3 Å². The van der Waals surface area contributed by atoms with E-state index in [1.165, 1.54) is 12.1 Å². The molecule has 10 heteroatoms. The zero-order valence-electron chi connectivity index (χ0n) is 17.4. The van der Waals surface area contributed by atoms with Gasteiger partial charge in [0.1, 0.15) is 0 Å². The first-order valence-electron chi connectivity index (χ1n) is 10.0. The molecule has 3 aromatic rings. The van der Waals surface area contributed by atoms with E-state index >= 15 is 0 Å². The maximum atomic E-state index is 11.3. The number of hydrogen-bond donors (Lipinski definition) is 4. The Balaban J connectivity index is 1.61. The van der Waals surface area contributed by atoms with Crippen molar-refractivity contribution in [1.29, 1.82) is 0 Å². The molecule has 4 N–H and O–H groups in total. The van der Waals surface area contributed by atoms with Gasteiger partial charge in [-0.1, -0.05) is 12.1 Å². The maximum absolute atomic E-state index is 11.3. The first kappa shape index (κ1) is 23.7. The predicted molar refractivity (Wildman–Crippen MR) is 121 cm³/mol. The van der Waals surface area contributed by atoms with E-state index in [-0.39, 0.29) is 18.5 Å². The lowest BCUT2D eigenvalue weighted by atomic mass is 10.2. The third-order valence-corrected chi connectivity index (χ3v) is 5.72. The fraction of sp³-hybridized carbons (Fsp3) is 0.227. The highest BCUT2D eigenvalue weighted by atomic mass is 31.2. The van der Waals surface area contributed by atoms with Crippen LogP contribution in [0, 0.1) is 0 Å². The zero-order valence-corrected chi connectivity index (χ0v) is 18.3. The second-order valence-corrected chi connectivity index (χ2v) is 8.69. The summed E-state index contributed by atoms with van der Waals surface area (Å²) in [5.41, 5.74) is 3.17. The third kappa shape index (κ3) is 6.78. The Morgan fingerprint density at radius 2 is 1.31 bits per heavy atom. The number of rotatable bonds is 10. The summed E-state index contributed by atoms with van der Waals surface area (Å²) in [6.45, 7) is 1.46. The van der Waals surface area contributed by atoms with Crippen LogP contribution < -0.4 is 14.8 Å². The molecule has 1 aromatic heterocycles. The van der Waals surface area contributed by atoms with Crippen molar-refractivity contribution in [3.8, 4) is 0 Å². The molecule has 0 saturated heterocycles. The predicted octanol–water partition coefficient (Wildman–Crippen LogP) is 2.03. The van der Waals surface area contributed by atoms with Gasteiger partial charge in [-0.2, -0.15) is 10.2 Å². The number of pyridine rings is 1. The summed E-state index contributed by atoms with van der Waals surface area (Å²) in [5.74, 6) is 0. The number of benzene rings is 2. The standard InChI is InChI=1S/C22H25N4O5P/c27-15-13-26(14-16-28)21-5-3-19(4-6-21)23-24-20-9-11-25(12-10-20)17-18-1-7-22(8-2-18)32(29,30)31/h1-12,27-28H,13-17H2,(H-,29,30,31)/p+1. The van der Waals surface area contributed by atoms with Crippen molar-refractivity contribution in [2.24, 2.45) is 10.2 Å². The van der Waals surface area contributed by atoms with Gasteiger partial charge in [0.15, 0.2) is 18.9 Å². The summed E-state index contributed by atoms with van der Waals surface area (Å²) in [7, 11) is -4.23. The van der Waals surface area contributed by atoms with Crippen LogP contribution in [0.2, 0.25) is 0 Å². The summed E-state index contributed by atoms with van der Waals surface area (Å²) in [6.07, 6.45) is 3.71. The largest absolute Gasteiger partial charge is 0.395 e. The first-order valence-corrected chi connectivity index (χ1v) is 11.6. The van der Waals surface area contributed by atoms with Gasteiger partial charge in [-0.15, -0.1) is 0 Å². The number of anilines is 1. The summed E-state index contributed by atoms with van der Waals surface area (Å²) in [4.78, 5) is 20.2. The summed E-state index contributed by atoms with van der Waals surface area (Å²) in [5, 5.41) is 26.8. The second-order valence-electron chi connectivity index (χ2n) is 7.09. The van der Waals surface area contributed by atoms with Gasteiger partial charge < -0.3 is 24.9 Å². The summed E-state index contributed by atoms with van der Waals surface area (Å²) in [6, 6.07) is 17.3. The van der Waals surface area contributed by atoms with Crippen molar-refractivity contribution in [2.75, 3.05) is 31.2 Å². The highest BCUT2D eigenvalue weighted by Gasteiger charge is 2.16. The Morgan fingerprint density at radius 3 is 1.81 bits per heavy atom. The average Bonchev–Trinajstić information content (AvgIpc) is 2.79. The lowest BCUT2D eigenvalue weighted by molar-refractivity contribution is -0.688. The van der Waals surface area contributed by atoms with Crippen LogP contribution in [0.5, 0.6) is 0 Å². The van der Waals surface area contributed by atoms with Crippen molar-refractivity contribution in [3.05, 3.63) is 78.6 Å². The Morgan fingerprint density at radius 1 is 0.781 bits per heavy atom. The molecular weight excluding hydrogens is 431 g/mol. The number of aliphatic hydroxyl groups is 2. The molecule has 0 atom stereocenters. The Hall–Kier alpha value is -2.94. The summed E-state index contributed by atoms with van der Waals surface area (Å²) < 4.78 is 13.2. The van der Waals surface area contributed by atoms with Gasteiger partial charge in [0.2, 0.25) is 0 Å². The Bertz CT molecular complexity index is 1060. The highest BCUT2D eigenvalue weighted by molar-refractivity contribution is 7.60. The van der Waals surface area contributed by atoms with Crippen LogP contribution in [-0.2, 0) is 11.1 Å². The molecule has 0 amide bonds. The van der Waals surface area contributed by atoms with Crippen LogP contribution in [0.25, 0.3) is 0 Å². The fourth-order valence-electron chi connectivity index (χ4n) is 3.08. The third-order valence-electron chi connectivity index (χ3n) is 4.75. The number of aliphatic hydroxyl groups excluding tert-OH is 2. The molecule has 0 aliphatic rings. The number of aromatic nitrogens is 1. The minimum absolute atomic E-state index is 0.00421. The van der Waals surface area contributed by atoms with Crippen LogP contribution in [0.15, 0.2) is 83.3 Å². The fourth-order valence-corrected chi connectivity index (χ4v) is 3.62. The van der Waals surface area contributed by atoms with E-state index in [9.17, 15) is 14.4 Å². The van der Waals surface area contributed by atoms with E-state index in [2.05, 4.69) is 10.2 Å². The van der Waals surface area contributed by atoms with Crippen LogP contribution in [0.1, 0.15) is 5.56 Å². The molecule has 0 aliphatic carbocycles. The molecule has 0 unspecified atom stereocenters. The van der Waals surface area contributed by atoms with Gasteiger partial charge in [0.25, 0.3) is 0 Å². The smallest absolute Gasteiger partial charge is 0.356 e.